The number of anilines is 1. The maximum Gasteiger partial charge on any atom is 0.126 e. The second kappa shape index (κ2) is 4.28. The maximum absolute atomic E-state index is 5.60. The molecule has 1 heterocycles. The van der Waals surface area contributed by atoms with E-state index < -0.39 is 0 Å². The summed E-state index contributed by atoms with van der Waals surface area (Å²) < 4.78 is 0. The minimum Gasteiger partial charge on any atom is -0.295 e. The standard InChI is InChI=1S/C11H10ClN3/c1-8-13-7-10(15-12)11(14-8)9-5-3-2-4-6-9/h2-7,15H,1H3. The summed E-state index contributed by atoms with van der Waals surface area (Å²) in [5, 5.41) is 0. The second-order valence-corrected chi connectivity index (χ2v) is 3.33. The Balaban J connectivity index is 2.56. The molecule has 1 aromatic heterocycles. The highest BCUT2D eigenvalue weighted by Crippen LogP contribution is 2.25. The van der Waals surface area contributed by atoms with Crippen LogP contribution in [0.4, 0.5) is 5.69 Å². The third-order valence-electron chi connectivity index (χ3n) is 2.06. The molecule has 15 heavy (non-hydrogen) atoms. The van der Waals surface area contributed by atoms with Gasteiger partial charge >= 0.3 is 0 Å². The number of nitrogens with one attached hydrogen (secondary N) is 1. The van der Waals surface area contributed by atoms with Gasteiger partial charge in [-0.15, -0.1) is 0 Å². The lowest BCUT2D eigenvalue weighted by atomic mass is 10.1. The van der Waals surface area contributed by atoms with Crippen LogP contribution in [-0.4, -0.2) is 9.97 Å². The summed E-state index contributed by atoms with van der Waals surface area (Å²) in [7, 11) is 0. The first kappa shape index (κ1) is 9.93. The lowest BCUT2D eigenvalue weighted by molar-refractivity contribution is 1.06. The van der Waals surface area contributed by atoms with Gasteiger partial charge in [0.2, 0.25) is 0 Å². The fourth-order valence-corrected chi connectivity index (χ4v) is 1.49. The van der Waals surface area contributed by atoms with E-state index in [0.717, 1.165) is 17.1 Å². The highest BCUT2D eigenvalue weighted by Gasteiger charge is 2.06. The molecule has 0 saturated heterocycles. The molecule has 0 aliphatic heterocycles. The van der Waals surface area contributed by atoms with Gasteiger partial charge in [-0.1, -0.05) is 30.3 Å². The van der Waals surface area contributed by atoms with Crippen LogP contribution in [-0.2, 0) is 0 Å². The van der Waals surface area contributed by atoms with E-state index in [1.807, 2.05) is 37.3 Å². The number of benzene rings is 1. The van der Waals surface area contributed by atoms with Crippen molar-refractivity contribution in [2.75, 3.05) is 4.84 Å². The van der Waals surface area contributed by atoms with Crippen LogP contribution in [0.2, 0.25) is 0 Å². The summed E-state index contributed by atoms with van der Waals surface area (Å²) in [6.07, 6.45) is 1.68. The van der Waals surface area contributed by atoms with Crippen molar-refractivity contribution in [3.05, 3.63) is 42.4 Å². The normalized spacial score (nSPS) is 10.0. The van der Waals surface area contributed by atoms with Crippen LogP contribution in [0, 0.1) is 6.92 Å². The summed E-state index contributed by atoms with van der Waals surface area (Å²) in [6, 6.07) is 9.86. The summed E-state index contributed by atoms with van der Waals surface area (Å²) in [5.41, 5.74) is 2.55. The highest BCUT2D eigenvalue weighted by atomic mass is 35.5. The molecule has 0 aliphatic rings. The second-order valence-electron chi connectivity index (χ2n) is 3.14. The minimum atomic E-state index is 0.716. The average Bonchev–Trinajstić information content (AvgIpc) is 2.30. The lowest BCUT2D eigenvalue weighted by Gasteiger charge is -2.06. The Kier molecular flexibility index (Phi) is 2.83. The van der Waals surface area contributed by atoms with Crippen molar-refractivity contribution in [3.8, 4) is 11.3 Å². The van der Waals surface area contributed by atoms with Crippen molar-refractivity contribution in [2.24, 2.45) is 0 Å². The Bertz CT molecular complexity index is 457. The smallest absolute Gasteiger partial charge is 0.126 e. The van der Waals surface area contributed by atoms with Gasteiger partial charge in [0.1, 0.15) is 5.82 Å². The van der Waals surface area contributed by atoms with Gasteiger partial charge in [-0.2, -0.15) is 0 Å². The SMILES string of the molecule is Cc1ncc(NCl)c(-c2ccccc2)n1. The van der Waals surface area contributed by atoms with Gasteiger partial charge < -0.3 is 0 Å². The molecule has 3 nitrogen and oxygen atoms in total. The summed E-state index contributed by atoms with van der Waals surface area (Å²) in [6.45, 7) is 1.85. The van der Waals surface area contributed by atoms with Gasteiger partial charge in [0, 0.05) is 17.3 Å². The fraction of sp³-hybridized carbons (Fsp3) is 0.0909. The molecule has 0 bridgehead atoms. The Labute approximate surface area is 93.3 Å². The first-order valence-electron chi connectivity index (χ1n) is 4.57. The monoisotopic (exact) mass is 219 g/mol. The maximum atomic E-state index is 5.60. The molecule has 1 aromatic carbocycles. The molecule has 0 fully saturated rings. The zero-order chi connectivity index (χ0) is 10.7. The Morgan fingerprint density at radius 3 is 2.60 bits per heavy atom. The van der Waals surface area contributed by atoms with Crippen LogP contribution in [0.1, 0.15) is 5.82 Å². The van der Waals surface area contributed by atoms with Crippen LogP contribution in [0.5, 0.6) is 0 Å². The molecule has 0 aliphatic carbocycles. The zero-order valence-corrected chi connectivity index (χ0v) is 8.99. The van der Waals surface area contributed by atoms with Crippen molar-refractivity contribution < 1.29 is 0 Å². The summed E-state index contributed by atoms with van der Waals surface area (Å²) in [5.74, 6) is 0.726. The van der Waals surface area contributed by atoms with E-state index in [-0.39, 0.29) is 0 Å². The number of aromatic nitrogens is 2. The van der Waals surface area contributed by atoms with Crippen LogP contribution in [0.15, 0.2) is 36.5 Å². The minimum absolute atomic E-state index is 0.716. The molecule has 0 atom stereocenters. The predicted octanol–water partition coefficient (Wildman–Crippen LogP) is 3.02. The number of rotatable bonds is 2. The molecule has 1 N–H and O–H groups in total. The van der Waals surface area contributed by atoms with Crippen LogP contribution >= 0.6 is 11.8 Å². The summed E-state index contributed by atoms with van der Waals surface area (Å²) >= 11 is 5.60. The number of hydrogen-bond acceptors (Lipinski definition) is 3. The first-order chi connectivity index (χ1) is 7.31. The van der Waals surface area contributed by atoms with E-state index in [2.05, 4.69) is 14.8 Å². The van der Waals surface area contributed by atoms with Crippen molar-refractivity contribution in [2.45, 2.75) is 6.92 Å². The van der Waals surface area contributed by atoms with Crippen molar-refractivity contribution in [3.63, 3.8) is 0 Å². The van der Waals surface area contributed by atoms with Crippen LogP contribution < -0.4 is 4.84 Å². The fourth-order valence-electron chi connectivity index (χ4n) is 1.36. The zero-order valence-electron chi connectivity index (χ0n) is 8.24. The van der Waals surface area contributed by atoms with Gasteiger partial charge in [0.05, 0.1) is 17.6 Å². The van der Waals surface area contributed by atoms with E-state index in [0.29, 0.717) is 5.69 Å². The molecule has 76 valence electrons. The third-order valence-corrected chi connectivity index (χ3v) is 2.26. The number of nitrogens with zero attached hydrogens (tertiary/aromatic N) is 2. The predicted molar refractivity (Wildman–Crippen MR) is 61.7 cm³/mol. The molecular weight excluding hydrogens is 210 g/mol. The topological polar surface area (TPSA) is 37.8 Å². The van der Waals surface area contributed by atoms with Crippen LogP contribution in [0.3, 0.4) is 0 Å². The van der Waals surface area contributed by atoms with Crippen LogP contribution in [0.25, 0.3) is 11.3 Å². The quantitative estimate of drug-likeness (QED) is 0.789. The lowest BCUT2D eigenvalue weighted by Crippen LogP contribution is -1.95. The molecule has 0 amide bonds. The summed E-state index contributed by atoms with van der Waals surface area (Å²) in [4.78, 5) is 11.0. The van der Waals surface area contributed by atoms with Gasteiger partial charge in [-0.3, -0.25) is 4.84 Å². The number of halogens is 1. The van der Waals surface area contributed by atoms with E-state index in [9.17, 15) is 0 Å². The molecule has 0 spiro atoms. The van der Waals surface area contributed by atoms with E-state index in [1.54, 1.807) is 6.20 Å². The van der Waals surface area contributed by atoms with Gasteiger partial charge in [-0.25, -0.2) is 9.97 Å². The van der Waals surface area contributed by atoms with Crippen molar-refractivity contribution in [1.29, 1.82) is 0 Å². The van der Waals surface area contributed by atoms with Crippen molar-refractivity contribution in [1.82, 2.24) is 9.97 Å². The molecule has 2 aromatic rings. The Morgan fingerprint density at radius 1 is 1.20 bits per heavy atom. The van der Waals surface area contributed by atoms with Crippen molar-refractivity contribution >= 4 is 17.5 Å². The molecular formula is C11H10ClN3. The van der Waals surface area contributed by atoms with Gasteiger partial charge in [-0.05, 0) is 6.92 Å². The highest BCUT2D eigenvalue weighted by molar-refractivity contribution is 6.24. The van der Waals surface area contributed by atoms with E-state index in [1.165, 1.54) is 0 Å². The van der Waals surface area contributed by atoms with Gasteiger partial charge in [0.25, 0.3) is 0 Å². The molecule has 2 rings (SSSR count). The third kappa shape index (κ3) is 2.07. The largest absolute Gasteiger partial charge is 0.295 e. The van der Waals surface area contributed by atoms with E-state index >= 15 is 0 Å². The van der Waals surface area contributed by atoms with Gasteiger partial charge in [0.15, 0.2) is 0 Å². The number of hydrogen-bond donors (Lipinski definition) is 1. The molecule has 0 unspecified atom stereocenters. The Hall–Kier alpha value is -1.61. The first-order valence-corrected chi connectivity index (χ1v) is 4.95. The Morgan fingerprint density at radius 2 is 1.93 bits per heavy atom. The molecule has 0 saturated carbocycles. The average molecular weight is 220 g/mol. The molecule has 4 heteroatoms. The molecule has 0 radical (unpaired) electrons. The number of aryl methyl sites for hydroxylation is 1. The van der Waals surface area contributed by atoms with E-state index in [4.69, 9.17) is 11.8 Å².